The quantitative estimate of drug-likeness (QED) is 0.112. The van der Waals surface area contributed by atoms with Gasteiger partial charge in [-0.25, -0.2) is 0 Å². The molecule has 1 aliphatic heterocycles. The predicted molar refractivity (Wildman–Crippen MR) is 284 cm³/mol. The number of ether oxygens (including phenoxy) is 1. The zero-order valence-electron chi connectivity index (χ0n) is 40.2. The van der Waals surface area contributed by atoms with E-state index in [0.717, 1.165) is 152 Å². The Bertz CT molecular complexity index is 3910. The maximum absolute atomic E-state index is 14.2. The molecule has 14 rings (SSSR count). The summed E-state index contributed by atoms with van der Waals surface area (Å²) in [6.07, 6.45) is 4.92. The van der Waals surface area contributed by atoms with Crippen molar-refractivity contribution in [3.63, 3.8) is 0 Å². The van der Waals surface area contributed by atoms with Crippen LogP contribution in [0.3, 0.4) is 0 Å². The van der Waals surface area contributed by atoms with Crippen LogP contribution in [0.5, 0.6) is 5.75 Å². The van der Waals surface area contributed by atoms with E-state index in [-0.39, 0.29) is 5.92 Å². The molecule has 3 aliphatic carbocycles. The summed E-state index contributed by atoms with van der Waals surface area (Å²) in [4.78, 5) is 4.05. The summed E-state index contributed by atoms with van der Waals surface area (Å²) in [5.41, 5.74) is 7.49. The van der Waals surface area contributed by atoms with Crippen LogP contribution in [-0.4, -0.2) is 0 Å². The van der Waals surface area contributed by atoms with Gasteiger partial charge >= 0.3 is 12.4 Å². The lowest BCUT2D eigenvalue weighted by Crippen LogP contribution is -2.22. The molecule has 0 N–H and O–H groups in total. The highest BCUT2D eigenvalue weighted by molar-refractivity contribution is 6.28. The minimum Gasteiger partial charge on any atom is -0.458 e. The summed E-state index contributed by atoms with van der Waals surface area (Å²) >= 11 is 0. The molecule has 368 valence electrons. The van der Waals surface area contributed by atoms with Crippen LogP contribution in [0.4, 0.5) is 54.8 Å². The second kappa shape index (κ2) is 16.9. The fourth-order valence-corrected chi connectivity index (χ4v) is 13.0. The summed E-state index contributed by atoms with van der Waals surface area (Å²) in [5.74, 6) is 2.39. The predicted octanol–water partition coefficient (Wildman–Crippen LogP) is 19.8. The lowest BCUT2D eigenvalue weighted by Gasteiger charge is -2.32. The molecular weight excluding hydrogens is 943 g/mol. The van der Waals surface area contributed by atoms with Gasteiger partial charge in [-0.3, -0.25) is 0 Å². The number of hydrogen-bond acceptors (Lipinski definition) is 4. The number of benzene rings is 9. The first-order chi connectivity index (χ1) is 36.0. The van der Waals surface area contributed by atoms with Gasteiger partial charge in [-0.05, 0) is 149 Å². The number of halogens is 6. The third-order valence-corrected chi connectivity index (χ3v) is 16.5. The van der Waals surface area contributed by atoms with Crippen molar-refractivity contribution in [2.75, 3.05) is 9.80 Å². The number of anilines is 5. The first kappa shape index (κ1) is 44.9. The number of fused-ring (bicyclic) bond motifs is 6. The summed E-state index contributed by atoms with van der Waals surface area (Å²) in [6.45, 7) is 0. The lowest BCUT2D eigenvalue weighted by molar-refractivity contribution is -0.138. The normalized spacial score (nSPS) is 17.4. The van der Waals surface area contributed by atoms with Crippen LogP contribution in [-0.2, 0) is 12.4 Å². The molecule has 9 aromatic carbocycles. The van der Waals surface area contributed by atoms with Crippen LogP contribution in [0.15, 0.2) is 180 Å². The Morgan fingerprint density at radius 2 is 0.946 bits per heavy atom. The molecule has 10 heteroatoms. The Hall–Kier alpha value is -7.72. The molecule has 4 aliphatic rings. The van der Waals surface area contributed by atoms with E-state index in [9.17, 15) is 26.3 Å². The van der Waals surface area contributed by atoms with Crippen molar-refractivity contribution < 1.29 is 35.5 Å². The van der Waals surface area contributed by atoms with Crippen LogP contribution in [0.25, 0.3) is 54.3 Å². The molecule has 4 nitrogen and oxygen atoms in total. The number of furan rings is 1. The fourth-order valence-electron chi connectivity index (χ4n) is 13.0. The largest absolute Gasteiger partial charge is 0.458 e. The molecule has 0 amide bonds. The highest BCUT2D eigenvalue weighted by Crippen LogP contribution is 2.55. The molecule has 0 bridgehead atoms. The smallest absolute Gasteiger partial charge is 0.416 e. The lowest BCUT2D eigenvalue weighted by atomic mass is 9.87. The highest BCUT2D eigenvalue weighted by atomic mass is 19.4. The third kappa shape index (κ3) is 7.11. The first-order valence-electron chi connectivity index (χ1n) is 25.8. The van der Waals surface area contributed by atoms with E-state index in [1.54, 1.807) is 0 Å². The molecule has 0 radical (unpaired) electrons. The summed E-state index contributed by atoms with van der Waals surface area (Å²) in [6, 6.07) is 45.9. The van der Waals surface area contributed by atoms with Crippen LogP contribution < -0.4 is 14.5 Å². The zero-order chi connectivity index (χ0) is 50.0. The Morgan fingerprint density at radius 1 is 0.446 bits per heavy atom. The van der Waals surface area contributed by atoms with Gasteiger partial charge in [0.25, 0.3) is 0 Å². The summed E-state index contributed by atoms with van der Waals surface area (Å²) in [7, 11) is 0. The number of hydrogen-bond donors (Lipinski definition) is 0. The molecule has 10 aromatic rings. The highest BCUT2D eigenvalue weighted by Gasteiger charge is 2.39. The number of rotatable bonds is 8. The number of para-hydroxylation sites is 3. The number of allylic oxidation sites excluding steroid dienone is 3. The van der Waals surface area contributed by atoms with Gasteiger partial charge in [-0.1, -0.05) is 117 Å². The van der Waals surface area contributed by atoms with Gasteiger partial charge in [0.05, 0.1) is 39.8 Å². The maximum Gasteiger partial charge on any atom is 0.416 e. The maximum atomic E-state index is 14.2. The minimum absolute atomic E-state index is 0.0765. The van der Waals surface area contributed by atoms with E-state index in [1.807, 2.05) is 46.2 Å². The molecule has 0 spiro atoms. The topological polar surface area (TPSA) is 28.9 Å². The van der Waals surface area contributed by atoms with E-state index in [0.29, 0.717) is 34.5 Å². The summed E-state index contributed by atoms with van der Waals surface area (Å²) in [5, 5.41) is 7.40. The van der Waals surface area contributed by atoms with E-state index in [2.05, 4.69) is 78.9 Å². The van der Waals surface area contributed by atoms with Gasteiger partial charge in [-0.15, -0.1) is 0 Å². The van der Waals surface area contributed by atoms with E-state index in [4.69, 9.17) is 9.15 Å². The number of nitrogens with zero attached hydrogens (tertiary/aromatic N) is 2. The van der Waals surface area contributed by atoms with Gasteiger partial charge in [0.15, 0.2) is 5.58 Å². The van der Waals surface area contributed by atoms with Crippen molar-refractivity contribution in [1.82, 2.24) is 0 Å². The van der Waals surface area contributed by atoms with Crippen LogP contribution in [0.2, 0.25) is 0 Å². The average molecular weight is 991 g/mol. The molecule has 2 saturated carbocycles. The van der Waals surface area contributed by atoms with Crippen molar-refractivity contribution in [3.05, 3.63) is 203 Å². The monoisotopic (exact) mass is 990 g/mol. The van der Waals surface area contributed by atoms with E-state index >= 15 is 0 Å². The molecule has 0 saturated heterocycles. The van der Waals surface area contributed by atoms with E-state index < -0.39 is 23.5 Å². The SMILES string of the molecule is FC(F)(F)c1ccc(N(C2=C3Oc4c(C5CCCC5)cccc4C3CC=C2)c2ccc3ccc4c(N(c5ccc(C(F)(F)F)cc5)c5cccc6c5oc5c(C7CCCC7)cccc56)ccc5ccc2c3c54)cc1. The van der Waals surface area contributed by atoms with Crippen molar-refractivity contribution >= 4 is 82.7 Å². The van der Waals surface area contributed by atoms with Gasteiger partial charge in [0.2, 0.25) is 0 Å². The summed E-state index contributed by atoms with van der Waals surface area (Å²) < 4.78 is 99.2. The van der Waals surface area contributed by atoms with Gasteiger partial charge < -0.3 is 19.0 Å². The molecule has 1 unspecified atom stereocenters. The molecule has 2 heterocycles. The Balaban J connectivity index is 0.982. The van der Waals surface area contributed by atoms with Crippen molar-refractivity contribution in [3.8, 4) is 5.75 Å². The van der Waals surface area contributed by atoms with Crippen molar-refractivity contribution in [1.29, 1.82) is 0 Å². The Kier molecular flexibility index (Phi) is 10.3. The Labute approximate surface area is 423 Å². The standard InChI is InChI=1S/C64H48F6N2O2/c65-63(66,67)41-25-29-43(30-26-41)71(55-19-7-17-49-47-15-5-13-45(37-9-1-2-10-37)59(47)73-61(49)55)53-35-23-39-22-34-52-54(36-24-40-21-33-51(53)57(39)58(40)52)72(44-31-27-42(28-32-44)64(68,69)70)56-20-8-18-50-48-16-6-14-46(38-11-3-4-12-38)60(48)74-62(50)56/h5-8,13-17,19-38,50H,1-4,9-12,18H2. The zero-order valence-corrected chi connectivity index (χ0v) is 40.2. The number of alkyl halides is 6. The van der Waals surface area contributed by atoms with Crippen molar-refractivity contribution in [2.24, 2.45) is 0 Å². The molecule has 2 fully saturated rings. The van der Waals surface area contributed by atoms with Gasteiger partial charge in [0, 0.05) is 38.5 Å². The fraction of sp³-hybridized carbons (Fsp3) is 0.219. The Morgan fingerprint density at radius 3 is 1.55 bits per heavy atom. The first-order valence-corrected chi connectivity index (χ1v) is 25.8. The molecule has 1 atom stereocenters. The molecule has 1 aromatic heterocycles. The average Bonchev–Trinajstić information content (AvgIpc) is 4.28. The van der Waals surface area contributed by atoms with Gasteiger partial charge in [0.1, 0.15) is 17.1 Å². The van der Waals surface area contributed by atoms with Crippen molar-refractivity contribution in [2.45, 2.75) is 87.9 Å². The van der Waals surface area contributed by atoms with Gasteiger partial charge in [-0.2, -0.15) is 26.3 Å². The van der Waals surface area contributed by atoms with Crippen LogP contribution in [0.1, 0.15) is 103 Å². The van der Waals surface area contributed by atoms with Crippen LogP contribution >= 0.6 is 0 Å². The second-order valence-electron chi connectivity index (χ2n) is 20.6. The van der Waals surface area contributed by atoms with Crippen LogP contribution in [0, 0.1) is 0 Å². The molecular formula is C64H48F6N2O2. The third-order valence-electron chi connectivity index (χ3n) is 16.5. The molecule has 74 heavy (non-hydrogen) atoms. The van der Waals surface area contributed by atoms with E-state index in [1.165, 1.54) is 48.2 Å². The minimum atomic E-state index is -4.53. The second-order valence-corrected chi connectivity index (χ2v) is 20.6.